The average molecular weight is 261 g/mol. The Balaban J connectivity index is 2.17. The first kappa shape index (κ1) is 12.9. The van der Waals surface area contributed by atoms with Crippen LogP contribution in [0, 0.1) is 0 Å². The van der Waals surface area contributed by atoms with Crippen LogP contribution in [-0.2, 0) is 13.6 Å². The number of aromatic nitrogens is 2. The van der Waals surface area contributed by atoms with Gasteiger partial charge < -0.3 is 19.7 Å². The van der Waals surface area contributed by atoms with Crippen LogP contribution in [-0.4, -0.2) is 37.6 Å². The lowest BCUT2D eigenvalue weighted by molar-refractivity contribution is 0.0779. The van der Waals surface area contributed by atoms with E-state index >= 15 is 0 Å². The van der Waals surface area contributed by atoms with Crippen LogP contribution in [0.2, 0.25) is 0 Å². The third-order valence-corrected chi connectivity index (χ3v) is 2.80. The van der Waals surface area contributed by atoms with Crippen molar-refractivity contribution in [2.24, 2.45) is 7.05 Å². The number of carbonyl (C=O) groups is 1. The predicted octanol–water partition coefficient (Wildman–Crippen LogP) is 1.10. The van der Waals surface area contributed by atoms with Gasteiger partial charge in [0, 0.05) is 38.1 Å². The number of nitrogens with zero attached hydrogens (tertiary/aromatic N) is 3. The lowest BCUT2D eigenvalue weighted by Crippen LogP contribution is -2.27. The van der Waals surface area contributed by atoms with E-state index in [1.54, 1.807) is 19.4 Å². The highest BCUT2D eigenvalue weighted by molar-refractivity contribution is 5.94. The van der Waals surface area contributed by atoms with Crippen molar-refractivity contribution in [1.29, 1.82) is 0 Å². The molecule has 1 amide bonds. The molecule has 1 aromatic heterocycles. The van der Waals surface area contributed by atoms with E-state index in [1.807, 2.05) is 11.6 Å². The number of hydrogen-bond donors (Lipinski definition) is 2. The van der Waals surface area contributed by atoms with Gasteiger partial charge in [0.05, 0.1) is 6.54 Å². The van der Waals surface area contributed by atoms with Crippen LogP contribution >= 0.6 is 0 Å². The molecule has 0 radical (unpaired) electrons. The molecule has 2 rings (SSSR count). The third kappa shape index (κ3) is 2.85. The first-order valence-corrected chi connectivity index (χ1v) is 5.72. The first-order valence-electron chi connectivity index (χ1n) is 5.72. The van der Waals surface area contributed by atoms with Gasteiger partial charge in [-0.1, -0.05) is 0 Å². The molecule has 1 heterocycles. The van der Waals surface area contributed by atoms with Crippen LogP contribution < -0.4 is 0 Å². The van der Waals surface area contributed by atoms with Crippen LogP contribution in [0.1, 0.15) is 16.2 Å². The number of aromatic hydroxyl groups is 2. The summed E-state index contributed by atoms with van der Waals surface area (Å²) < 4.78 is 1.82. The van der Waals surface area contributed by atoms with E-state index in [-0.39, 0.29) is 23.0 Å². The minimum Gasteiger partial charge on any atom is -0.508 e. The Labute approximate surface area is 110 Å². The molecule has 2 N–H and O–H groups in total. The van der Waals surface area contributed by atoms with Gasteiger partial charge >= 0.3 is 0 Å². The molecule has 0 fully saturated rings. The Kier molecular flexibility index (Phi) is 3.41. The highest BCUT2D eigenvalue weighted by atomic mass is 16.3. The zero-order chi connectivity index (χ0) is 14.0. The second-order valence-corrected chi connectivity index (χ2v) is 4.35. The number of carbonyl (C=O) groups excluding carboxylic acids is 1. The topological polar surface area (TPSA) is 78.6 Å². The summed E-state index contributed by atoms with van der Waals surface area (Å²) in [5.74, 6) is 0.164. The molecular formula is C13H15N3O3. The molecule has 0 bridgehead atoms. The normalized spacial score (nSPS) is 10.4. The molecule has 100 valence electrons. The van der Waals surface area contributed by atoms with Gasteiger partial charge in [-0.05, 0) is 12.1 Å². The van der Waals surface area contributed by atoms with E-state index in [2.05, 4.69) is 4.98 Å². The molecule has 2 aromatic rings. The second kappa shape index (κ2) is 5.01. The van der Waals surface area contributed by atoms with Crippen LogP contribution in [0.5, 0.6) is 11.5 Å². The van der Waals surface area contributed by atoms with Crippen molar-refractivity contribution in [2.75, 3.05) is 7.05 Å². The Morgan fingerprint density at radius 1 is 1.32 bits per heavy atom. The zero-order valence-corrected chi connectivity index (χ0v) is 10.7. The minimum atomic E-state index is -0.297. The Bertz CT molecular complexity index is 587. The maximum absolute atomic E-state index is 12.2. The van der Waals surface area contributed by atoms with Crippen molar-refractivity contribution in [1.82, 2.24) is 14.5 Å². The standard InChI is InChI=1S/C13H15N3O3/c1-15-4-3-14-12(15)8-16(2)13(19)9-5-10(17)7-11(18)6-9/h3-7,17-18H,8H2,1-2H3. The van der Waals surface area contributed by atoms with Crippen LogP contribution in [0.3, 0.4) is 0 Å². The Hall–Kier alpha value is -2.50. The number of phenols is 2. The fourth-order valence-electron chi connectivity index (χ4n) is 1.77. The Morgan fingerprint density at radius 2 is 1.95 bits per heavy atom. The maximum Gasteiger partial charge on any atom is 0.254 e. The molecule has 6 nitrogen and oxygen atoms in total. The van der Waals surface area contributed by atoms with Crippen molar-refractivity contribution in [3.8, 4) is 11.5 Å². The van der Waals surface area contributed by atoms with Gasteiger partial charge in [0.15, 0.2) is 0 Å². The van der Waals surface area contributed by atoms with Gasteiger partial charge in [0.25, 0.3) is 5.91 Å². The molecule has 6 heteroatoms. The van der Waals surface area contributed by atoms with Crippen molar-refractivity contribution in [3.05, 3.63) is 42.0 Å². The first-order chi connectivity index (χ1) is 8.97. The van der Waals surface area contributed by atoms with Crippen LogP contribution in [0.25, 0.3) is 0 Å². The molecule has 0 saturated carbocycles. The van der Waals surface area contributed by atoms with Crippen LogP contribution in [0.4, 0.5) is 0 Å². The van der Waals surface area contributed by atoms with E-state index < -0.39 is 0 Å². The molecule has 0 unspecified atom stereocenters. The fraction of sp³-hybridized carbons (Fsp3) is 0.231. The van der Waals surface area contributed by atoms with Gasteiger partial charge in [0.1, 0.15) is 17.3 Å². The van der Waals surface area contributed by atoms with E-state index in [4.69, 9.17) is 0 Å². The molecule has 1 aromatic carbocycles. The van der Waals surface area contributed by atoms with E-state index in [0.29, 0.717) is 6.54 Å². The smallest absolute Gasteiger partial charge is 0.254 e. The number of hydrogen-bond acceptors (Lipinski definition) is 4. The summed E-state index contributed by atoms with van der Waals surface area (Å²) in [5.41, 5.74) is 0.231. The number of aryl methyl sites for hydroxylation is 1. The number of imidazole rings is 1. The molecule has 0 saturated heterocycles. The largest absolute Gasteiger partial charge is 0.508 e. The monoisotopic (exact) mass is 261 g/mol. The maximum atomic E-state index is 12.2. The summed E-state index contributed by atoms with van der Waals surface area (Å²) >= 11 is 0. The van der Waals surface area contributed by atoms with Crippen molar-refractivity contribution >= 4 is 5.91 Å². The lowest BCUT2D eigenvalue weighted by atomic mass is 10.2. The van der Waals surface area contributed by atoms with Crippen molar-refractivity contribution < 1.29 is 15.0 Å². The fourth-order valence-corrected chi connectivity index (χ4v) is 1.77. The summed E-state index contributed by atoms with van der Waals surface area (Å²) in [7, 11) is 3.49. The molecule has 0 aliphatic carbocycles. The number of phenolic OH excluding ortho intramolecular Hbond substituents is 2. The van der Waals surface area contributed by atoms with Crippen molar-refractivity contribution in [2.45, 2.75) is 6.54 Å². The number of benzene rings is 1. The summed E-state index contributed by atoms with van der Waals surface area (Å²) in [5, 5.41) is 18.8. The quantitative estimate of drug-likeness (QED) is 0.867. The molecule has 0 atom stereocenters. The SMILES string of the molecule is CN(Cc1nccn1C)C(=O)c1cc(O)cc(O)c1. The van der Waals surface area contributed by atoms with Gasteiger partial charge in [0.2, 0.25) is 0 Å². The van der Waals surface area contributed by atoms with Crippen LogP contribution in [0.15, 0.2) is 30.6 Å². The third-order valence-electron chi connectivity index (χ3n) is 2.80. The van der Waals surface area contributed by atoms with E-state index in [9.17, 15) is 15.0 Å². The molecule has 19 heavy (non-hydrogen) atoms. The Morgan fingerprint density at radius 3 is 2.47 bits per heavy atom. The highest BCUT2D eigenvalue weighted by Crippen LogP contribution is 2.21. The average Bonchev–Trinajstić information content (AvgIpc) is 2.72. The number of rotatable bonds is 3. The summed E-state index contributed by atoms with van der Waals surface area (Å²) in [6.07, 6.45) is 3.46. The molecular weight excluding hydrogens is 246 g/mol. The minimum absolute atomic E-state index is 0.145. The number of amides is 1. The zero-order valence-electron chi connectivity index (χ0n) is 10.7. The van der Waals surface area contributed by atoms with Gasteiger partial charge in [-0.25, -0.2) is 4.98 Å². The highest BCUT2D eigenvalue weighted by Gasteiger charge is 2.15. The molecule has 0 aliphatic rings. The molecule has 0 aliphatic heterocycles. The molecule has 0 spiro atoms. The summed E-state index contributed by atoms with van der Waals surface area (Å²) in [6.45, 7) is 0.346. The van der Waals surface area contributed by atoms with Crippen molar-refractivity contribution in [3.63, 3.8) is 0 Å². The lowest BCUT2D eigenvalue weighted by Gasteiger charge is -2.17. The van der Waals surface area contributed by atoms with Gasteiger partial charge in [-0.15, -0.1) is 0 Å². The summed E-state index contributed by atoms with van der Waals surface area (Å²) in [4.78, 5) is 17.8. The summed E-state index contributed by atoms with van der Waals surface area (Å²) in [6, 6.07) is 3.81. The predicted molar refractivity (Wildman–Crippen MR) is 68.8 cm³/mol. The van der Waals surface area contributed by atoms with Gasteiger partial charge in [-0.3, -0.25) is 4.79 Å². The second-order valence-electron chi connectivity index (χ2n) is 4.35. The van der Waals surface area contributed by atoms with E-state index in [1.165, 1.54) is 23.1 Å². The van der Waals surface area contributed by atoms with Gasteiger partial charge in [-0.2, -0.15) is 0 Å². The van der Waals surface area contributed by atoms with E-state index in [0.717, 1.165) is 5.82 Å².